The van der Waals surface area contributed by atoms with E-state index in [9.17, 15) is 18.0 Å². The fourth-order valence-corrected chi connectivity index (χ4v) is 2.78. The second-order valence-corrected chi connectivity index (χ2v) is 5.42. The third-order valence-corrected chi connectivity index (χ3v) is 3.78. The maximum atomic E-state index is 12.8. The minimum absolute atomic E-state index is 0.258. The number of alkyl halides is 3. The Morgan fingerprint density at radius 1 is 1.37 bits per heavy atom. The molecule has 19 heavy (non-hydrogen) atoms. The Morgan fingerprint density at radius 2 is 2.11 bits per heavy atom. The highest BCUT2D eigenvalue weighted by Gasteiger charge is 2.35. The van der Waals surface area contributed by atoms with Gasteiger partial charge in [-0.05, 0) is 29.7 Å². The molecule has 0 aliphatic heterocycles. The monoisotopic (exact) mass is 306 g/mol. The molecule has 2 aromatic rings. The summed E-state index contributed by atoms with van der Waals surface area (Å²) in [4.78, 5) is 14.9. The van der Waals surface area contributed by atoms with Crippen molar-refractivity contribution in [1.82, 2.24) is 9.36 Å². The first-order valence-electron chi connectivity index (χ1n) is 4.77. The molecule has 0 atom stereocenters. The molecule has 4 nitrogen and oxygen atoms in total. The van der Waals surface area contributed by atoms with Crippen molar-refractivity contribution in [3.63, 3.8) is 0 Å². The van der Waals surface area contributed by atoms with Gasteiger partial charge in [0, 0.05) is 4.90 Å². The molecule has 0 aliphatic rings. The van der Waals surface area contributed by atoms with Gasteiger partial charge in [0.15, 0.2) is 4.34 Å². The molecule has 0 saturated heterocycles. The summed E-state index contributed by atoms with van der Waals surface area (Å²) in [6.07, 6.45) is -3.42. The summed E-state index contributed by atoms with van der Waals surface area (Å²) in [6.45, 7) is 0. The van der Waals surface area contributed by atoms with Crippen molar-refractivity contribution in [3.8, 4) is 0 Å². The number of nitrogens with zero attached hydrogens (tertiary/aromatic N) is 2. The SMILES string of the molecule is O=C(O)c1ccc(Sc2ncns2)cc1C(F)(F)F. The van der Waals surface area contributed by atoms with E-state index in [1.165, 1.54) is 12.4 Å². The lowest BCUT2D eigenvalue weighted by molar-refractivity contribution is -0.138. The van der Waals surface area contributed by atoms with Gasteiger partial charge in [-0.25, -0.2) is 9.78 Å². The minimum atomic E-state index is -4.72. The number of carboxylic acids is 1. The number of aromatic carboxylic acids is 1. The summed E-state index contributed by atoms with van der Waals surface area (Å²) in [5.74, 6) is -1.61. The second-order valence-electron chi connectivity index (χ2n) is 3.32. The smallest absolute Gasteiger partial charge is 0.417 e. The number of aromatic nitrogens is 2. The van der Waals surface area contributed by atoms with Gasteiger partial charge >= 0.3 is 12.1 Å². The van der Waals surface area contributed by atoms with Gasteiger partial charge in [0.05, 0.1) is 11.1 Å². The molecule has 0 amide bonds. The fraction of sp³-hybridized carbons (Fsp3) is 0.100. The number of halogens is 3. The molecule has 1 heterocycles. The van der Waals surface area contributed by atoms with Gasteiger partial charge in [0.2, 0.25) is 0 Å². The van der Waals surface area contributed by atoms with Crippen LogP contribution in [0.2, 0.25) is 0 Å². The van der Waals surface area contributed by atoms with Crippen LogP contribution in [0.4, 0.5) is 13.2 Å². The number of hydrogen-bond acceptors (Lipinski definition) is 5. The van der Waals surface area contributed by atoms with E-state index in [0.717, 1.165) is 35.4 Å². The number of hydrogen-bond donors (Lipinski definition) is 1. The van der Waals surface area contributed by atoms with Crippen molar-refractivity contribution in [1.29, 1.82) is 0 Å². The number of carbonyl (C=O) groups is 1. The third kappa shape index (κ3) is 3.24. The molecule has 1 aromatic carbocycles. The summed E-state index contributed by atoms with van der Waals surface area (Å²) >= 11 is 2.04. The summed E-state index contributed by atoms with van der Waals surface area (Å²) in [5, 5.41) is 8.75. The van der Waals surface area contributed by atoms with Crippen LogP contribution in [0.1, 0.15) is 15.9 Å². The standard InChI is InChI=1S/C10H5F3N2O2S2/c11-10(12,13)7-3-5(1-2-6(7)8(16)17)18-9-14-4-15-19-9/h1-4H,(H,16,17). The Morgan fingerprint density at radius 3 is 2.63 bits per heavy atom. The minimum Gasteiger partial charge on any atom is -0.478 e. The molecular weight excluding hydrogens is 301 g/mol. The lowest BCUT2D eigenvalue weighted by atomic mass is 10.1. The molecule has 0 radical (unpaired) electrons. The predicted molar refractivity (Wildman–Crippen MR) is 62.4 cm³/mol. The highest BCUT2D eigenvalue weighted by Crippen LogP contribution is 2.36. The normalized spacial score (nSPS) is 11.5. The van der Waals surface area contributed by atoms with Crippen LogP contribution in [0.5, 0.6) is 0 Å². The molecule has 0 saturated carbocycles. The van der Waals surface area contributed by atoms with Crippen LogP contribution in [0.3, 0.4) is 0 Å². The average molecular weight is 306 g/mol. The van der Waals surface area contributed by atoms with E-state index in [-0.39, 0.29) is 4.90 Å². The molecule has 0 spiro atoms. The van der Waals surface area contributed by atoms with Crippen molar-refractivity contribution >= 4 is 29.3 Å². The zero-order chi connectivity index (χ0) is 14.0. The van der Waals surface area contributed by atoms with Crippen LogP contribution < -0.4 is 0 Å². The molecule has 100 valence electrons. The zero-order valence-electron chi connectivity index (χ0n) is 9.01. The molecular formula is C10H5F3N2O2S2. The molecule has 0 bridgehead atoms. The molecule has 2 rings (SSSR count). The number of carboxylic acid groups (broad SMARTS) is 1. The predicted octanol–water partition coefficient (Wildman–Crippen LogP) is 3.41. The maximum Gasteiger partial charge on any atom is 0.417 e. The Labute approximate surface area is 113 Å². The Hall–Kier alpha value is -1.61. The third-order valence-electron chi connectivity index (χ3n) is 2.07. The van der Waals surface area contributed by atoms with Crippen molar-refractivity contribution in [2.45, 2.75) is 15.4 Å². The fourth-order valence-electron chi connectivity index (χ4n) is 1.32. The molecule has 1 aromatic heterocycles. The Bertz CT molecular complexity index is 599. The van der Waals surface area contributed by atoms with E-state index in [2.05, 4.69) is 9.36 Å². The summed E-state index contributed by atoms with van der Waals surface area (Å²) in [6, 6.07) is 3.05. The van der Waals surface area contributed by atoms with E-state index < -0.39 is 23.3 Å². The van der Waals surface area contributed by atoms with Gasteiger partial charge in [-0.15, -0.1) is 0 Å². The van der Waals surface area contributed by atoms with Crippen molar-refractivity contribution in [3.05, 3.63) is 35.7 Å². The zero-order valence-corrected chi connectivity index (χ0v) is 10.6. The van der Waals surface area contributed by atoms with Crippen LogP contribution in [0.15, 0.2) is 33.8 Å². The van der Waals surface area contributed by atoms with E-state index in [1.807, 2.05) is 0 Å². The van der Waals surface area contributed by atoms with E-state index in [4.69, 9.17) is 5.11 Å². The molecule has 0 aliphatic carbocycles. The first kappa shape index (κ1) is 13.8. The van der Waals surface area contributed by atoms with Crippen molar-refractivity contribution < 1.29 is 23.1 Å². The van der Waals surface area contributed by atoms with Gasteiger partial charge in [-0.2, -0.15) is 17.5 Å². The topological polar surface area (TPSA) is 63.1 Å². The largest absolute Gasteiger partial charge is 0.478 e. The molecule has 1 N–H and O–H groups in total. The van der Waals surface area contributed by atoms with Crippen LogP contribution >= 0.6 is 23.3 Å². The van der Waals surface area contributed by atoms with Gasteiger partial charge in [-0.3, -0.25) is 0 Å². The maximum absolute atomic E-state index is 12.8. The lowest BCUT2D eigenvalue weighted by Gasteiger charge is -2.11. The second kappa shape index (κ2) is 5.17. The number of benzene rings is 1. The van der Waals surface area contributed by atoms with Gasteiger partial charge in [0.25, 0.3) is 0 Å². The van der Waals surface area contributed by atoms with Crippen molar-refractivity contribution in [2.75, 3.05) is 0 Å². The van der Waals surface area contributed by atoms with E-state index in [1.54, 1.807) is 0 Å². The Kier molecular flexibility index (Phi) is 3.76. The summed E-state index contributed by atoms with van der Waals surface area (Å²) in [5.41, 5.74) is -1.94. The first-order valence-corrected chi connectivity index (χ1v) is 6.36. The van der Waals surface area contributed by atoms with Crippen molar-refractivity contribution in [2.24, 2.45) is 0 Å². The highest BCUT2D eigenvalue weighted by atomic mass is 32.2. The number of rotatable bonds is 3. The Balaban J connectivity index is 2.41. The van der Waals surface area contributed by atoms with Crippen LogP contribution in [0, 0.1) is 0 Å². The quantitative estimate of drug-likeness (QED) is 0.941. The molecule has 0 fully saturated rings. The first-order chi connectivity index (χ1) is 8.88. The molecule has 9 heteroatoms. The average Bonchev–Trinajstić information content (AvgIpc) is 2.80. The van der Waals surface area contributed by atoms with E-state index >= 15 is 0 Å². The van der Waals surface area contributed by atoms with Gasteiger partial charge < -0.3 is 5.11 Å². The molecule has 0 unspecified atom stereocenters. The van der Waals surface area contributed by atoms with Crippen LogP contribution in [-0.4, -0.2) is 20.4 Å². The van der Waals surface area contributed by atoms with E-state index in [0.29, 0.717) is 4.34 Å². The van der Waals surface area contributed by atoms with Crippen LogP contribution in [-0.2, 0) is 6.18 Å². The lowest BCUT2D eigenvalue weighted by Crippen LogP contribution is -2.12. The van der Waals surface area contributed by atoms with Gasteiger partial charge in [0.1, 0.15) is 6.33 Å². The van der Waals surface area contributed by atoms with Crippen LogP contribution in [0.25, 0.3) is 0 Å². The van der Waals surface area contributed by atoms with Gasteiger partial charge in [-0.1, -0.05) is 11.8 Å². The summed E-state index contributed by atoms with van der Waals surface area (Å²) in [7, 11) is 0. The summed E-state index contributed by atoms with van der Waals surface area (Å²) < 4.78 is 42.5. The highest BCUT2D eigenvalue weighted by molar-refractivity contribution is 8.01.